The van der Waals surface area contributed by atoms with Crippen molar-refractivity contribution in [3.8, 4) is 11.5 Å². The molecule has 3 amide bonds. The van der Waals surface area contributed by atoms with Crippen molar-refractivity contribution in [2.24, 2.45) is 5.73 Å². The standard InChI is InChI=1S/C28H28ClF2N5O5S/c1-15(23-10-17(14-42-23)25(32)33)35-27(39)22-11-21(41-28(30)31)13-36(22)24(37)12-34-26(38)16-2-6-19(7-3-16)40-20-8-4-18(29)5-9-20/h2-10,14-15,21-22,28H,11-13H2,1H3,(H3,32,33)(H,34,38)(H,35,39)/t15?,21-,22+/m1/s1. The van der Waals surface area contributed by atoms with Gasteiger partial charge in [-0.3, -0.25) is 19.8 Å². The summed E-state index contributed by atoms with van der Waals surface area (Å²) in [6.45, 7) is -2.06. The molecule has 2 heterocycles. The third-order valence-electron chi connectivity index (χ3n) is 6.46. The zero-order valence-electron chi connectivity index (χ0n) is 22.3. The number of amidine groups is 1. The van der Waals surface area contributed by atoms with Crippen LogP contribution in [0.4, 0.5) is 8.78 Å². The summed E-state index contributed by atoms with van der Waals surface area (Å²) in [4.78, 5) is 40.7. The highest BCUT2D eigenvalue weighted by Crippen LogP contribution is 2.26. The lowest BCUT2D eigenvalue weighted by Crippen LogP contribution is -2.49. The number of alkyl halides is 2. The van der Waals surface area contributed by atoms with Gasteiger partial charge in [-0.2, -0.15) is 8.78 Å². The Bertz CT molecular complexity index is 1440. The smallest absolute Gasteiger partial charge is 0.345 e. The van der Waals surface area contributed by atoms with Gasteiger partial charge in [0.25, 0.3) is 5.91 Å². The van der Waals surface area contributed by atoms with Gasteiger partial charge in [0.05, 0.1) is 18.7 Å². The SMILES string of the molecule is CC(NC(=O)[C@@H]1C[C@@H](OC(F)F)CN1C(=O)CNC(=O)c1ccc(Oc2ccc(Cl)cc2)cc1)c1cc(C(=N)N)cs1. The highest BCUT2D eigenvalue weighted by atomic mass is 35.5. The Kier molecular flexibility index (Phi) is 10.1. The average Bonchev–Trinajstić information content (AvgIpc) is 3.61. The van der Waals surface area contributed by atoms with Crippen molar-refractivity contribution >= 4 is 46.5 Å². The van der Waals surface area contributed by atoms with Crippen molar-refractivity contribution in [3.63, 3.8) is 0 Å². The topological polar surface area (TPSA) is 147 Å². The van der Waals surface area contributed by atoms with E-state index in [1.165, 1.54) is 23.5 Å². The van der Waals surface area contributed by atoms with Crippen molar-refractivity contribution in [2.45, 2.75) is 38.1 Å². The first-order valence-corrected chi connectivity index (χ1v) is 14.0. The number of nitrogens with zero attached hydrogens (tertiary/aromatic N) is 1. The lowest BCUT2D eigenvalue weighted by molar-refractivity contribution is -0.160. The fraction of sp³-hybridized carbons (Fsp3) is 0.286. The Labute approximate surface area is 249 Å². The van der Waals surface area contributed by atoms with Crippen LogP contribution < -0.4 is 21.1 Å². The molecule has 3 aromatic rings. The van der Waals surface area contributed by atoms with Gasteiger partial charge in [-0.25, -0.2) is 0 Å². The number of ether oxygens (including phenoxy) is 2. The molecule has 42 heavy (non-hydrogen) atoms. The summed E-state index contributed by atoms with van der Waals surface area (Å²) in [5.74, 6) is -0.804. The predicted molar refractivity (Wildman–Crippen MR) is 153 cm³/mol. The van der Waals surface area contributed by atoms with Crippen LogP contribution >= 0.6 is 22.9 Å². The summed E-state index contributed by atoms with van der Waals surface area (Å²) in [6, 6.07) is 13.1. The van der Waals surface area contributed by atoms with Crippen LogP contribution in [0.1, 0.15) is 40.2 Å². The van der Waals surface area contributed by atoms with Crippen LogP contribution in [0.5, 0.6) is 11.5 Å². The molecule has 1 unspecified atom stereocenters. The fourth-order valence-corrected chi connectivity index (χ4v) is 5.38. The number of hydrogen-bond donors (Lipinski definition) is 4. The van der Waals surface area contributed by atoms with Gasteiger partial charge >= 0.3 is 6.61 Å². The van der Waals surface area contributed by atoms with Crippen molar-refractivity contribution in [2.75, 3.05) is 13.1 Å². The van der Waals surface area contributed by atoms with E-state index in [9.17, 15) is 23.2 Å². The monoisotopic (exact) mass is 619 g/mol. The second kappa shape index (κ2) is 13.7. The lowest BCUT2D eigenvalue weighted by atomic mass is 10.1. The molecule has 0 saturated carbocycles. The number of rotatable bonds is 11. The minimum Gasteiger partial charge on any atom is -0.457 e. The zero-order valence-corrected chi connectivity index (χ0v) is 23.9. The molecule has 1 saturated heterocycles. The molecule has 3 atom stereocenters. The summed E-state index contributed by atoms with van der Waals surface area (Å²) in [5.41, 5.74) is 6.28. The molecule has 14 heteroatoms. The highest BCUT2D eigenvalue weighted by molar-refractivity contribution is 7.10. The number of carbonyl (C=O) groups excluding carboxylic acids is 3. The molecule has 222 valence electrons. The number of amides is 3. The van der Waals surface area contributed by atoms with Crippen molar-refractivity contribution < 1.29 is 32.6 Å². The molecule has 1 aliphatic heterocycles. The molecule has 2 aromatic carbocycles. The lowest BCUT2D eigenvalue weighted by Gasteiger charge is -2.25. The number of nitrogen functional groups attached to an aromatic ring is 1. The summed E-state index contributed by atoms with van der Waals surface area (Å²) in [6.07, 6.45) is -1.20. The third kappa shape index (κ3) is 8.02. The average molecular weight is 620 g/mol. The van der Waals surface area contributed by atoms with Crippen molar-refractivity contribution in [3.05, 3.63) is 81.0 Å². The van der Waals surface area contributed by atoms with Crippen LogP contribution in [0.3, 0.4) is 0 Å². The van der Waals surface area contributed by atoms with Crippen LogP contribution in [-0.4, -0.2) is 60.3 Å². The molecule has 1 aliphatic rings. The first kappa shape index (κ1) is 30.9. The first-order valence-electron chi connectivity index (χ1n) is 12.8. The highest BCUT2D eigenvalue weighted by Gasteiger charge is 2.41. The maximum Gasteiger partial charge on any atom is 0.345 e. The summed E-state index contributed by atoms with van der Waals surface area (Å²) in [7, 11) is 0. The van der Waals surface area contributed by atoms with E-state index < -0.39 is 49.1 Å². The fourth-order valence-electron chi connectivity index (χ4n) is 4.34. The van der Waals surface area contributed by atoms with Crippen molar-refractivity contribution in [1.29, 1.82) is 5.41 Å². The molecule has 0 bridgehead atoms. The van der Waals surface area contributed by atoms with Crippen molar-refractivity contribution in [1.82, 2.24) is 15.5 Å². The van der Waals surface area contributed by atoms with E-state index in [4.69, 9.17) is 27.5 Å². The maximum absolute atomic E-state index is 13.1. The van der Waals surface area contributed by atoms with Gasteiger partial charge in [0.1, 0.15) is 23.4 Å². The van der Waals surface area contributed by atoms with E-state index in [2.05, 4.69) is 15.4 Å². The number of nitrogens with one attached hydrogen (secondary N) is 3. The van der Waals surface area contributed by atoms with Crippen LogP contribution in [-0.2, 0) is 14.3 Å². The van der Waals surface area contributed by atoms with Crippen LogP contribution in [0.15, 0.2) is 60.0 Å². The minimum absolute atomic E-state index is 0.111. The Hall–Kier alpha value is -4.07. The molecule has 0 radical (unpaired) electrons. The van der Waals surface area contributed by atoms with Gasteiger partial charge < -0.3 is 30.7 Å². The molecule has 5 N–H and O–H groups in total. The van der Waals surface area contributed by atoms with Gasteiger partial charge in [0, 0.05) is 39.4 Å². The summed E-state index contributed by atoms with van der Waals surface area (Å²) in [5, 5.41) is 15.1. The molecular weight excluding hydrogens is 592 g/mol. The number of thiophene rings is 1. The number of benzene rings is 2. The quantitative estimate of drug-likeness (QED) is 0.186. The Morgan fingerprint density at radius 1 is 1.12 bits per heavy atom. The van der Waals surface area contributed by atoms with Gasteiger partial charge in [-0.05, 0) is 61.5 Å². The number of hydrogen-bond acceptors (Lipinski definition) is 7. The molecule has 4 rings (SSSR count). The summed E-state index contributed by atoms with van der Waals surface area (Å²) < 4.78 is 36.2. The largest absolute Gasteiger partial charge is 0.457 e. The number of nitrogens with two attached hydrogens (primary N) is 1. The van der Waals surface area contributed by atoms with E-state index in [0.29, 0.717) is 22.1 Å². The van der Waals surface area contributed by atoms with E-state index in [1.807, 2.05) is 0 Å². The second-order valence-electron chi connectivity index (χ2n) is 9.46. The van der Waals surface area contributed by atoms with Gasteiger partial charge in [-0.1, -0.05) is 11.6 Å². The Balaban J connectivity index is 1.36. The van der Waals surface area contributed by atoms with E-state index in [-0.39, 0.29) is 24.4 Å². The van der Waals surface area contributed by atoms with Crippen LogP contribution in [0.2, 0.25) is 5.02 Å². The molecule has 10 nitrogen and oxygen atoms in total. The number of likely N-dealkylation sites (tertiary alicyclic amines) is 1. The second-order valence-corrected chi connectivity index (χ2v) is 10.8. The maximum atomic E-state index is 13.1. The van der Waals surface area contributed by atoms with E-state index >= 15 is 0 Å². The first-order chi connectivity index (χ1) is 20.0. The Morgan fingerprint density at radius 2 is 1.76 bits per heavy atom. The zero-order chi connectivity index (χ0) is 30.4. The van der Waals surface area contributed by atoms with Crippen LogP contribution in [0, 0.1) is 5.41 Å². The van der Waals surface area contributed by atoms with E-state index in [0.717, 1.165) is 9.78 Å². The number of halogens is 3. The minimum atomic E-state index is -3.07. The molecule has 0 aliphatic carbocycles. The molecule has 0 spiro atoms. The normalized spacial score (nSPS) is 17.1. The Morgan fingerprint density at radius 3 is 2.36 bits per heavy atom. The van der Waals surface area contributed by atoms with Gasteiger partial charge in [0.15, 0.2) is 0 Å². The molecule has 1 aromatic heterocycles. The van der Waals surface area contributed by atoms with Gasteiger partial charge in [-0.15, -0.1) is 11.3 Å². The third-order valence-corrected chi connectivity index (χ3v) is 7.83. The van der Waals surface area contributed by atoms with Gasteiger partial charge in [0.2, 0.25) is 11.8 Å². The summed E-state index contributed by atoms with van der Waals surface area (Å²) >= 11 is 7.17. The molecular formula is C28H28ClF2N5O5S. The molecule has 1 fully saturated rings. The van der Waals surface area contributed by atoms with E-state index in [1.54, 1.807) is 54.8 Å². The predicted octanol–water partition coefficient (Wildman–Crippen LogP) is 4.29. The number of carbonyl (C=O) groups is 3. The van der Waals surface area contributed by atoms with Crippen LogP contribution in [0.25, 0.3) is 0 Å².